The molecule has 0 aliphatic carbocycles. The van der Waals surface area contributed by atoms with Crippen molar-refractivity contribution in [3.05, 3.63) is 46.5 Å². The Morgan fingerprint density at radius 2 is 2.03 bits per heavy atom. The van der Waals surface area contributed by atoms with Crippen LogP contribution in [-0.4, -0.2) is 73.7 Å². The number of halogens is 3. The van der Waals surface area contributed by atoms with Gasteiger partial charge in [-0.1, -0.05) is 0 Å². The lowest BCUT2D eigenvalue weighted by molar-refractivity contribution is -0.137. The molecule has 1 aromatic carbocycles. The van der Waals surface area contributed by atoms with E-state index >= 15 is 0 Å². The molecule has 3 aliphatic heterocycles. The fourth-order valence-corrected chi connectivity index (χ4v) is 8.35. The van der Waals surface area contributed by atoms with Gasteiger partial charge in [0.1, 0.15) is 10.4 Å². The van der Waals surface area contributed by atoms with Crippen LogP contribution in [0.4, 0.5) is 30.5 Å². The van der Waals surface area contributed by atoms with Crippen molar-refractivity contribution in [2.75, 3.05) is 42.7 Å². The molecule has 2 aromatic heterocycles. The maximum atomic E-state index is 14.0. The predicted octanol–water partition coefficient (Wildman–Crippen LogP) is 3.69. The van der Waals surface area contributed by atoms with Crippen LogP contribution in [-0.2, 0) is 16.0 Å². The third kappa shape index (κ3) is 4.63. The van der Waals surface area contributed by atoms with Crippen molar-refractivity contribution >= 4 is 44.4 Å². The topological polar surface area (TPSA) is 108 Å². The van der Waals surface area contributed by atoms with Gasteiger partial charge in [0.2, 0.25) is 5.95 Å². The fraction of sp³-hybridized carbons (Fsp3) is 0.400. The number of hydrogen-bond donors (Lipinski definition) is 2. The number of benzene rings is 1. The first-order valence-electron chi connectivity index (χ1n) is 12.3. The molecule has 206 valence electrons. The molecule has 0 radical (unpaired) electrons. The number of amides is 1. The largest absolute Gasteiger partial charge is 0.420 e. The van der Waals surface area contributed by atoms with Gasteiger partial charge in [-0.2, -0.15) is 13.2 Å². The Bertz CT molecular complexity index is 1590. The number of aryl methyl sites for hydroxylation is 1. The van der Waals surface area contributed by atoms with Gasteiger partial charge in [-0.05, 0) is 43.2 Å². The van der Waals surface area contributed by atoms with Crippen LogP contribution in [0, 0.1) is 6.92 Å². The van der Waals surface area contributed by atoms with Crippen LogP contribution in [0.2, 0.25) is 0 Å². The van der Waals surface area contributed by atoms with E-state index in [4.69, 9.17) is 0 Å². The molecule has 0 spiro atoms. The Hall–Kier alpha value is -3.23. The summed E-state index contributed by atoms with van der Waals surface area (Å²) in [5, 5.41) is 6.48. The molecule has 2 fully saturated rings. The van der Waals surface area contributed by atoms with Gasteiger partial charge in [0, 0.05) is 56.3 Å². The van der Waals surface area contributed by atoms with Crippen LogP contribution in [0.1, 0.15) is 27.2 Å². The highest BCUT2D eigenvalue weighted by molar-refractivity contribution is 7.91. The Kier molecular flexibility index (Phi) is 6.11. The Labute approximate surface area is 227 Å². The van der Waals surface area contributed by atoms with E-state index in [1.807, 2.05) is 25.1 Å². The number of sulfone groups is 1. The SMILES string of the molecule is Cc1cc(N2C[C@H]3C[C@@H]2CN3)ccc1Nc1ncc(C(F)(F)F)c(-c2cc3c(s2)C(=O)N(C)CCS3(=O)=O)n1. The molecule has 5 heterocycles. The smallest absolute Gasteiger partial charge is 0.366 e. The zero-order valence-electron chi connectivity index (χ0n) is 21.0. The average Bonchev–Trinajstić information content (AvgIpc) is 3.62. The van der Waals surface area contributed by atoms with Gasteiger partial charge in [0.25, 0.3) is 5.91 Å². The highest BCUT2D eigenvalue weighted by Crippen LogP contribution is 2.42. The van der Waals surface area contributed by atoms with Crippen molar-refractivity contribution in [1.82, 2.24) is 20.2 Å². The first kappa shape index (κ1) is 26.0. The maximum Gasteiger partial charge on any atom is 0.420 e. The number of carbonyl (C=O) groups is 1. The number of fused-ring (bicyclic) bond motifs is 3. The van der Waals surface area contributed by atoms with E-state index in [2.05, 4.69) is 25.5 Å². The van der Waals surface area contributed by atoms with Gasteiger partial charge in [-0.3, -0.25) is 4.79 Å². The number of rotatable bonds is 4. The lowest BCUT2D eigenvalue weighted by Gasteiger charge is -2.30. The Morgan fingerprint density at radius 3 is 2.69 bits per heavy atom. The minimum Gasteiger partial charge on any atom is -0.366 e. The quantitative estimate of drug-likeness (QED) is 0.483. The molecule has 3 aromatic rings. The molecule has 0 unspecified atom stereocenters. The van der Waals surface area contributed by atoms with E-state index in [1.165, 1.54) is 11.9 Å². The monoisotopic (exact) mass is 578 g/mol. The standard InChI is InChI=1S/C25H25F3N6O3S2/c1-13-7-15(34-12-14-8-16(34)10-29-14)3-4-18(13)31-24-30-11-17(25(26,27)28)21(32-24)19-9-20-22(38-19)23(35)33(2)5-6-39(20,36)37/h3-4,7,9,11,14,16,29H,5-6,8,10,12H2,1-2H3,(H,30,31,32)/t14-,16-/m1/s1. The summed E-state index contributed by atoms with van der Waals surface area (Å²) in [6.07, 6.45) is -3.01. The zero-order valence-corrected chi connectivity index (χ0v) is 22.7. The molecule has 14 heteroatoms. The number of nitrogens with zero attached hydrogens (tertiary/aromatic N) is 4. The summed E-state index contributed by atoms with van der Waals surface area (Å²) in [6, 6.07) is 7.89. The highest BCUT2D eigenvalue weighted by Gasteiger charge is 2.39. The van der Waals surface area contributed by atoms with Crippen molar-refractivity contribution in [2.24, 2.45) is 0 Å². The van der Waals surface area contributed by atoms with Gasteiger partial charge in [-0.15, -0.1) is 11.3 Å². The second-order valence-electron chi connectivity index (χ2n) is 10.1. The molecule has 2 bridgehead atoms. The minimum absolute atomic E-state index is 0.00129. The predicted molar refractivity (Wildman–Crippen MR) is 141 cm³/mol. The van der Waals surface area contributed by atoms with Gasteiger partial charge in [0.15, 0.2) is 9.84 Å². The number of alkyl halides is 3. The molecule has 0 saturated carbocycles. The van der Waals surface area contributed by atoms with Crippen LogP contribution in [0.15, 0.2) is 35.4 Å². The third-order valence-electron chi connectivity index (χ3n) is 7.44. The van der Waals surface area contributed by atoms with Crippen molar-refractivity contribution in [2.45, 2.75) is 36.5 Å². The van der Waals surface area contributed by atoms with E-state index in [1.54, 1.807) is 0 Å². The summed E-state index contributed by atoms with van der Waals surface area (Å²) in [7, 11) is -2.40. The van der Waals surface area contributed by atoms with E-state index < -0.39 is 33.2 Å². The fourth-order valence-electron chi connectivity index (χ4n) is 5.31. The lowest BCUT2D eigenvalue weighted by Crippen LogP contribution is -2.43. The summed E-state index contributed by atoms with van der Waals surface area (Å²) in [5.41, 5.74) is 0.979. The summed E-state index contributed by atoms with van der Waals surface area (Å²) in [4.78, 5) is 24.0. The van der Waals surface area contributed by atoms with Crippen molar-refractivity contribution in [3.63, 3.8) is 0 Å². The second-order valence-corrected chi connectivity index (χ2v) is 13.2. The molecule has 2 atom stereocenters. The molecule has 6 rings (SSSR count). The van der Waals surface area contributed by atoms with E-state index in [0.717, 1.165) is 36.8 Å². The first-order valence-corrected chi connectivity index (χ1v) is 14.8. The molecule has 2 saturated heterocycles. The number of nitrogens with one attached hydrogen (secondary N) is 2. The van der Waals surface area contributed by atoms with E-state index in [0.29, 0.717) is 35.3 Å². The number of thiophene rings is 1. The molecule has 39 heavy (non-hydrogen) atoms. The third-order valence-corrected chi connectivity index (χ3v) is 10.4. The second kappa shape index (κ2) is 9.17. The molecule has 9 nitrogen and oxygen atoms in total. The van der Waals surface area contributed by atoms with Gasteiger partial charge in [-0.25, -0.2) is 18.4 Å². The highest BCUT2D eigenvalue weighted by atomic mass is 32.2. The number of carbonyl (C=O) groups excluding carboxylic acids is 1. The summed E-state index contributed by atoms with van der Waals surface area (Å²) in [6.45, 7) is 3.77. The molecule has 3 aliphatic rings. The van der Waals surface area contributed by atoms with Crippen LogP contribution >= 0.6 is 11.3 Å². The normalized spacial score (nSPS) is 22.2. The minimum atomic E-state index is -4.80. The Balaban J connectivity index is 1.36. The van der Waals surface area contributed by atoms with E-state index in [9.17, 15) is 26.4 Å². The van der Waals surface area contributed by atoms with Gasteiger partial charge < -0.3 is 20.4 Å². The van der Waals surface area contributed by atoms with Crippen LogP contribution in [0.25, 0.3) is 10.6 Å². The van der Waals surface area contributed by atoms with E-state index in [-0.39, 0.29) is 32.9 Å². The number of anilines is 3. The van der Waals surface area contributed by atoms with Gasteiger partial charge >= 0.3 is 6.18 Å². The number of aromatic nitrogens is 2. The number of hydrogen-bond acceptors (Lipinski definition) is 9. The lowest BCUT2D eigenvalue weighted by atomic mass is 10.1. The van der Waals surface area contributed by atoms with Gasteiger partial charge in [0.05, 0.1) is 21.2 Å². The van der Waals surface area contributed by atoms with Crippen molar-refractivity contribution in [3.8, 4) is 10.6 Å². The Morgan fingerprint density at radius 1 is 1.23 bits per heavy atom. The zero-order chi connectivity index (χ0) is 27.7. The van der Waals surface area contributed by atoms with Crippen LogP contribution < -0.4 is 15.5 Å². The van der Waals surface area contributed by atoms with Crippen LogP contribution in [0.5, 0.6) is 0 Å². The molecular formula is C25H25F3N6O3S2. The summed E-state index contributed by atoms with van der Waals surface area (Å²) >= 11 is 0.687. The maximum absolute atomic E-state index is 14.0. The average molecular weight is 579 g/mol. The molecular weight excluding hydrogens is 553 g/mol. The van der Waals surface area contributed by atoms with Crippen molar-refractivity contribution < 1.29 is 26.4 Å². The summed E-state index contributed by atoms with van der Waals surface area (Å²) in [5.74, 6) is -0.944. The molecule has 2 N–H and O–H groups in total. The first-order chi connectivity index (χ1) is 18.4. The van der Waals surface area contributed by atoms with Crippen molar-refractivity contribution in [1.29, 1.82) is 0 Å². The molecule has 1 amide bonds. The van der Waals surface area contributed by atoms with Crippen LogP contribution in [0.3, 0.4) is 0 Å². The number of piperazine rings is 1. The summed E-state index contributed by atoms with van der Waals surface area (Å²) < 4.78 is 67.4.